The van der Waals surface area contributed by atoms with Crippen molar-refractivity contribution in [1.29, 1.82) is 0 Å². The lowest BCUT2D eigenvalue weighted by molar-refractivity contribution is 0.0667. The Morgan fingerprint density at radius 3 is 2.50 bits per heavy atom. The molecule has 0 unspecified atom stereocenters. The van der Waals surface area contributed by atoms with Gasteiger partial charge >= 0.3 is 6.09 Å². The van der Waals surface area contributed by atoms with Crippen LogP contribution in [0.5, 0.6) is 0 Å². The number of benzene rings is 1. The van der Waals surface area contributed by atoms with Crippen LogP contribution in [0.1, 0.15) is 37.7 Å². The molecule has 3 rings (SSSR count). The highest BCUT2D eigenvalue weighted by molar-refractivity contribution is 6.31. The number of carbonyl (C=O) groups excluding carboxylic acids is 1. The van der Waals surface area contributed by atoms with E-state index in [0.29, 0.717) is 19.1 Å². The van der Waals surface area contributed by atoms with E-state index in [2.05, 4.69) is 4.90 Å². The second-order valence-electron chi connectivity index (χ2n) is 6.77. The fourth-order valence-electron chi connectivity index (χ4n) is 3.74. The fraction of sp³-hybridized carbons (Fsp3) is 0.632. The molecule has 0 radical (unpaired) electrons. The van der Waals surface area contributed by atoms with Crippen LogP contribution in [-0.4, -0.2) is 54.7 Å². The zero-order valence-corrected chi connectivity index (χ0v) is 15.0. The van der Waals surface area contributed by atoms with Gasteiger partial charge in [-0.05, 0) is 50.4 Å². The summed E-state index contributed by atoms with van der Waals surface area (Å²) in [7, 11) is 0. The number of halogens is 1. The molecule has 0 atom stereocenters. The maximum atomic E-state index is 12.2. The third-order valence-corrected chi connectivity index (χ3v) is 5.55. The average molecular weight is 351 g/mol. The predicted molar refractivity (Wildman–Crippen MR) is 96.5 cm³/mol. The van der Waals surface area contributed by atoms with Crippen LogP contribution in [0, 0.1) is 0 Å². The highest BCUT2D eigenvalue weighted by atomic mass is 35.5. The Bertz CT molecular complexity index is 538. The number of carbonyl (C=O) groups is 1. The van der Waals surface area contributed by atoms with Crippen molar-refractivity contribution in [2.24, 2.45) is 0 Å². The molecule has 0 saturated carbocycles. The molecule has 1 aromatic rings. The highest BCUT2D eigenvalue weighted by Crippen LogP contribution is 2.21. The Kier molecular flexibility index (Phi) is 6.38. The lowest BCUT2D eigenvalue weighted by Gasteiger charge is -2.39. The Morgan fingerprint density at radius 1 is 1.08 bits per heavy atom. The van der Waals surface area contributed by atoms with Crippen LogP contribution in [0.15, 0.2) is 24.3 Å². The van der Waals surface area contributed by atoms with Crippen LogP contribution in [0.3, 0.4) is 0 Å². The third kappa shape index (κ3) is 4.64. The van der Waals surface area contributed by atoms with Crippen LogP contribution in [0.4, 0.5) is 4.79 Å². The smallest absolute Gasteiger partial charge is 0.409 e. The van der Waals surface area contributed by atoms with Crippen LogP contribution >= 0.6 is 11.6 Å². The minimum absolute atomic E-state index is 0.181. The molecule has 2 aliphatic heterocycles. The molecule has 2 fully saturated rings. The molecule has 0 bridgehead atoms. The average Bonchev–Trinajstić information content (AvgIpc) is 2.64. The topological polar surface area (TPSA) is 32.8 Å². The summed E-state index contributed by atoms with van der Waals surface area (Å²) in [6, 6.07) is 8.35. The second-order valence-corrected chi connectivity index (χ2v) is 7.18. The Hall–Kier alpha value is -1.26. The lowest BCUT2D eigenvalue weighted by atomic mass is 10.0. The lowest BCUT2D eigenvalue weighted by Crippen LogP contribution is -2.48. The normalized spacial score (nSPS) is 20.1. The number of rotatable bonds is 4. The van der Waals surface area contributed by atoms with Crippen molar-refractivity contribution in [3.8, 4) is 0 Å². The maximum absolute atomic E-state index is 12.2. The molecule has 0 N–H and O–H groups in total. The van der Waals surface area contributed by atoms with E-state index in [1.165, 1.54) is 32.4 Å². The van der Waals surface area contributed by atoms with E-state index >= 15 is 0 Å². The molecular formula is C19H27ClN2O2. The van der Waals surface area contributed by atoms with Crippen LogP contribution in [0.2, 0.25) is 5.02 Å². The quantitative estimate of drug-likeness (QED) is 0.823. The van der Waals surface area contributed by atoms with Crippen molar-refractivity contribution in [2.45, 2.75) is 44.6 Å². The SMILES string of the molecule is O=C(OCCc1ccccc1Cl)N1CCC(N2CCCCC2)CC1. The molecule has 24 heavy (non-hydrogen) atoms. The van der Waals surface area contributed by atoms with Crippen molar-refractivity contribution in [2.75, 3.05) is 32.8 Å². The second kappa shape index (κ2) is 8.72. The van der Waals surface area contributed by atoms with E-state index in [1.807, 2.05) is 29.2 Å². The van der Waals surface area contributed by atoms with Crippen molar-refractivity contribution in [3.63, 3.8) is 0 Å². The van der Waals surface area contributed by atoms with Gasteiger partial charge in [0.1, 0.15) is 0 Å². The van der Waals surface area contributed by atoms with E-state index in [-0.39, 0.29) is 6.09 Å². The molecule has 132 valence electrons. The number of likely N-dealkylation sites (tertiary alicyclic amines) is 2. The first-order valence-electron chi connectivity index (χ1n) is 9.13. The van der Waals surface area contributed by atoms with E-state index in [1.54, 1.807) is 0 Å². The van der Waals surface area contributed by atoms with Gasteiger partial charge in [0.05, 0.1) is 6.61 Å². The first kappa shape index (κ1) is 17.6. The van der Waals surface area contributed by atoms with Crippen molar-refractivity contribution in [3.05, 3.63) is 34.9 Å². The Labute approximate surface area is 149 Å². The summed E-state index contributed by atoms with van der Waals surface area (Å²) >= 11 is 6.12. The minimum Gasteiger partial charge on any atom is -0.449 e. The zero-order valence-electron chi connectivity index (χ0n) is 14.3. The molecule has 4 nitrogen and oxygen atoms in total. The number of nitrogens with zero attached hydrogens (tertiary/aromatic N) is 2. The molecule has 2 heterocycles. The standard InChI is InChI=1S/C19H27ClN2O2/c20-18-7-3-2-6-16(18)10-15-24-19(23)22-13-8-17(9-14-22)21-11-4-1-5-12-21/h2-3,6-7,17H,1,4-5,8-15H2. The Morgan fingerprint density at radius 2 is 1.79 bits per heavy atom. The predicted octanol–water partition coefficient (Wildman–Crippen LogP) is 3.97. The van der Waals surface area contributed by atoms with Gasteiger partial charge in [0, 0.05) is 30.6 Å². The highest BCUT2D eigenvalue weighted by Gasteiger charge is 2.28. The number of hydrogen-bond acceptors (Lipinski definition) is 3. The summed E-state index contributed by atoms with van der Waals surface area (Å²) in [5, 5.41) is 0.732. The van der Waals surface area contributed by atoms with E-state index in [9.17, 15) is 4.79 Å². The summed E-state index contributed by atoms with van der Waals surface area (Å²) in [5.74, 6) is 0. The third-order valence-electron chi connectivity index (χ3n) is 5.18. The largest absolute Gasteiger partial charge is 0.449 e. The number of ether oxygens (including phenoxy) is 1. The molecule has 2 saturated heterocycles. The number of hydrogen-bond donors (Lipinski definition) is 0. The minimum atomic E-state index is -0.181. The summed E-state index contributed by atoms with van der Waals surface area (Å²) < 4.78 is 5.44. The summed E-state index contributed by atoms with van der Waals surface area (Å²) in [6.07, 6.45) is 6.63. The van der Waals surface area contributed by atoms with E-state index in [4.69, 9.17) is 16.3 Å². The zero-order chi connectivity index (χ0) is 16.8. The van der Waals surface area contributed by atoms with Gasteiger partial charge in [0.15, 0.2) is 0 Å². The first-order valence-corrected chi connectivity index (χ1v) is 9.51. The molecule has 2 aliphatic rings. The van der Waals surface area contributed by atoms with Gasteiger partial charge in [-0.3, -0.25) is 0 Å². The van der Waals surface area contributed by atoms with Gasteiger partial charge in [-0.25, -0.2) is 4.79 Å². The van der Waals surface area contributed by atoms with Crippen molar-refractivity contribution < 1.29 is 9.53 Å². The van der Waals surface area contributed by atoms with Gasteiger partial charge in [-0.15, -0.1) is 0 Å². The van der Waals surface area contributed by atoms with Gasteiger partial charge in [-0.2, -0.15) is 0 Å². The molecular weight excluding hydrogens is 324 g/mol. The van der Waals surface area contributed by atoms with E-state index < -0.39 is 0 Å². The van der Waals surface area contributed by atoms with Crippen LogP contribution < -0.4 is 0 Å². The van der Waals surface area contributed by atoms with Crippen molar-refractivity contribution >= 4 is 17.7 Å². The monoisotopic (exact) mass is 350 g/mol. The van der Waals surface area contributed by atoms with Crippen LogP contribution in [0.25, 0.3) is 0 Å². The molecule has 0 spiro atoms. The maximum Gasteiger partial charge on any atom is 0.409 e. The van der Waals surface area contributed by atoms with Gasteiger partial charge in [0.2, 0.25) is 0 Å². The van der Waals surface area contributed by atoms with E-state index in [0.717, 1.165) is 36.5 Å². The van der Waals surface area contributed by atoms with Gasteiger partial charge < -0.3 is 14.5 Å². The molecule has 0 aliphatic carbocycles. The summed E-state index contributed by atoms with van der Waals surface area (Å²) in [4.78, 5) is 16.7. The first-order chi connectivity index (χ1) is 11.7. The molecule has 1 aromatic carbocycles. The Balaban J connectivity index is 1.38. The van der Waals surface area contributed by atoms with Gasteiger partial charge in [-0.1, -0.05) is 36.2 Å². The molecule has 1 amide bonds. The number of amides is 1. The molecule has 5 heteroatoms. The fourth-order valence-corrected chi connectivity index (χ4v) is 3.97. The van der Waals surface area contributed by atoms with Crippen molar-refractivity contribution in [1.82, 2.24) is 9.80 Å². The van der Waals surface area contributed by atoms with Gasteiger partial charge in [0.25, 0.3) is 0 Å². The number of piperidine rings is 2. The summed E-state index contributed by atoms with van der Waals surface area (Å²) in [5.41, 5.74) is 1.02. The van der Waals surface area contributed by atoms with Crippen LogP contribution in [-0.2, 0) is 11.2 Å². The summed E-state index contributed by atoms with van der Waals surface area (Å²) in [6.45, 7) is 4.46. The molecule has 0 aromatic heterocycles.